The van der Waals surface area contributed by atoms with Crippen molar-refractivity contribution in [3.8, 4) is 11.1 Å². The zero-order valence-corrected chi connectivity index (χ0v) is 15.1. The van der Waals surface area contributed by atoms with Gasteiger partial charge in [0.1, 0.15) is 11.6 Å². The summed E-state index contributed by atoms with van der Waals surface area (Å²) >= 11 is 0. The number of rotatable bonds is 5. The molecular weight excluding hydrogens is 332 g/mol. The standard InChI is InChI=1S/C19H24N4O3/c1-11-18(12(2)26-22-11)13-3-4-17-16(9-13)21-19(15(20)5-7-24)23(17)14-6-8-25-10-14/h3-4,9,14-15,24H,5-8,10,20H2,1-2H3/t14?,15-/m0/s1. The second-order valence-corrected chi connectivity index (χ2v) is 6.88. The number of benzene rings is 1. The van der Waals surface area contributed by atoms with Gasteiger partial charge in [0.25, 0.3) is 0 Å². The van der Waals surface area contributed by atoms with Crippen molar-refractivity contribution < 1.29 is 14.4 Å². The van der Waals surface area contributed by atoms with Crippen LogP contribution in [-0.4, -0.2) is 39.6 Å². The van der Waals surface area contributed by atoms with Gasteiger partial charge in [-0.25, -0.2) is 4.98 Å². The smallest absolute Gasteiger partial charge is 0.141 e. The molecular formula is C19H24N4O3. The van der Waals surface area contributed by atoms with E-state index in [0.717, 1.165) is 52.5 Å². The molecule has 138 valence electrons. The van der Waals surface area contributed by atoms with Gasteiger partial charge in [0, 0.05) is 18.8 Å². The zero-order valence-electron chi connectivity index (χ0n) is 15.1. The number of aliphatic hydroxyl groups excluding tert-OH is 1. The minimum atomic E-state index is -0.310. The van der Waals surface area contributed by atoms with Crippen molar-refractivity contribution in [3.63, 3.8) is 0 Å². The van der Waals surface area contributed by atoms with Crippen LogP contribution in [0.3, 0.4) is 0 Å². The van der Waals surface area contributed by atoms with E-state index < -0.39 is 0 Å². The third-order valence-electron chi connectivity index (χ3n) is 5.08. The van der Waals surface area contributed by atoms with Gasteiger partial charge in [-0.3, -0.25) is 0 Å². The lowest BCUT2D eigenvalue weighted by atomic mass is 10.0. The van der Waals surface area contributed by atoms with Gasteiger partial charge in [0.15, 0.2) is 0 Å². The fourth-order valence-electron chi connectivity index (χ4n) is 3.81. The molecule has 7 heteroatoms. The first-order chi connectivity index (χ1) is 12.6. The third kappa shape index (κ3) is 2.82. The molecule has 1 aromatic carbocycles. The monoisotopic (exact) mass is 356 g/mol. The Kier molecular flexibility index (Phi) is 4.52. The normalized spacial score (nSPS) is 18.7. The number of hydrogen-bond acceptors (Lipinski definition) is 6. The Hall–Kier alpha value is -2.22. The topological polar surface area (TPSA) is 99.3 Å². The largest absolute Gasteiger partial charge is 0.396 e. The molecule has 1 aliphatic rings. The molecule has 7 nitrogen and oxygen atoms in total. The van der Waals surface area contributed by atoms with Gasteiger partial charge >= 0.3 is 0 Å². The number of aliphatic hydroxyl groups is 1. The fraction of sp³-hybridized carbons (Fsp3) is 0.474. The van der Waals surface area contributed by atoms with E-state index in [1.165, 1.54) is 0 Å². The Morgan fingerprint density at radius 1 is 1.38 bits per heavy atom. The molecule has 3 heterocycles. The Morgan fingerprint density at radius 3 is 2.88 bits per heavy atom. The molecule has 2 aromatic heterocycles. The summed E-state index contributed by atoms with van der Waals surface area (Å²) in [5.41, 5.74) is 11.1. The van der Waals surface area contributed by atoms with E-state index in [9.17, 15) is 5.11 Å². The van der Waals surface area contributed by atoms with E-state index in [1.807, 2.05) is 13.8 Å². The molecule has 1 unspecified atom stereocenters. The van der Waals surface area contributed by atoms with Crippen molar-refractivity contribution >= 4 is 11.0 Å². The summed E-state index contributed by atoms with van der Waals surface area (Å²) in [6.45, 7) is 5.30. The van der Waals surface area contributed by atoms with Gasteiger partial charge in [-0.1, -0.05) is 11.2 Å². The molecule has 4 rings (SSSR count). The van der Waals surface area contributed by atoms with Crippen molar-refractivity contribution in [2.75, 3.05) is 19.8 Å². The van der Waals surface area contributed by atoms with E-state index in [-0.39, 0.29) is 18.7 Å². The highest BCUT2D eigenvalue weighted by Gasteiger charge is 2.26. The summed E-state index contributed by atoms with van der Waals surface area (Å²) in [4.78, 5) is 4.83. The van der Waals surface area contributed by atoms with Gasteiger partial charge in [-0.05, 0) is 44.4 Å². The molecule has 1 saturated heterocycles. The van der Waals surface area contributed by atoms with Gasteiger partial charge < -0.3 is 24.7 Å². The third-order valence-corrected chi connectivity index (χ3v) is 5.08. The van der Waals surface area contributed by atoms with Crippen molar-refractivity contribution in [2.45, 2.75) is 38.8 Å². The van der Waals surface area contributed by atoms with Crippen LogP contribution in [0.25, 0.3) is 22.2 Å². The molecule has 0 saturated carbocycles. The Labute approximate surface area is 151 Å². The second kappa shape index (κ2) is 6.83. The molecule has 3 aromatic rings. The van der Waals surface area contributed by atoms with E-state index >= 15 is 0 Å². The van der Waals surface area contributed by atoms with Gasteiger partial charge in [0.2, 0.25) is 0 Å². The maximum absolute atomic E-state index is 9.30. The first-order valence-corrected chi connectivity index (χ1v) is 8.99. The van der Waals surface area contributed by atoms with E-state index in [2.05, 4.69) is 27.9 Å². The lowest BCUT2D eigenvalue weighted by Gasteiger charge is -2.18. The number of aromatic nitrogens is 3. The molecule has 0 radical (unpaired) electrons. The van der Waals surface area contributed by atoms with Crippen LogP contribution in [-0.2, 0) is 4.74 Å². The number of nitrogens with two attached hydrogens (primary N) is 1. The van der Waals surface area contributed by atoms with Gasteiger partial charge in [-0.2, -0.15) is 0 Å². The Bertz CT molecular complexity index is 905. The highest BCUT2D eigenvalue weighted by molar-refractivity contribution is 5.83. The summed E-state index contributed by atoms with van der Waals surface area (Å²) in [5.74, 6) is 1.60. The van der Waals surface area contributed by atoms with Crippen molar-refractivity contribution in [2.24, 2.45) is 5.73 Å². The number of ether oxygens (including phenoxy) is 1. The zero-order chi connectivity index (χ0) is 18.3. The molecule has 0 amide bonds. The number of nitrogens with zero attached hydrogens (tertiary/aromatic N) is 3. The van der Waals surface area contributed by atoms with Crippen molar-refractivity contribution in [1.29, 1.82) is 0 Å². The highest BCUT2D eigenvalue weighted by Crippen LogP contribution is 2.34. The number of imidazole rings is 1. The van der Waals surface area contributed by atoms with Crippen LogP contribution in [0.5, 0.6) is 0 Å². The lowest BCUT2D eigenvalue weighted by Crippen LogP contribution is -2.21. The number of aryl methyl sites for hydroxylation is 2. The second-order valence-electron chi connectivity index (χ2n) is 6.88. The molecule has 0 spiro atoms. The summed E-state index contributed by atoms with van der Waals surface area (Å²) < 4.78 is 13.1. The predicted molar refractivity (Wildman–Crippen MR) is 97.8 cm³/mol. The first kappa shape index (κ1) is 17.2. The van der Waals surface area contributed by atoms with Gasteiger partial charge in [-0.15, -0.1) is 0 Å². The molecule has 0 aliphatic carbocycles. The van der Waals surface area contributed by atoms with E-state index in [1.54, 1.807) is 0 Å². The van der Waals surface area contributed by atoms with Crippen LogP contribution in [0.1, 0.15) is 42.2 Å². The number of hydrogen-bond donors (Lipinski definition) is 2. The molecule has 3 N–H and O–H groups in total. The summed E-state index contributed by atoms with van der Waals surface area (Å²) in [7, 11) is 0. The molecule has 0 bridgehead atoms. The van der Waals surface area contributed by atoms with Crippen molar-refractivity contribution in [3.05, 3.63) is 35.5 Å². The maximum Gasteiger partial charge on any atom is 0.141 e. The summed E-state index contributed by atoms with van der Waals surface area (Å²) in [6, 6.07) is 6.13. The quantitative estimate of drug-likeness (QED) is 0.729. The Balaban J connectivity index is 1.86. The molecule has 1 fully saturated rings. The predicted octanol–water partition coefficient (Wildman–Crippen LogP) is 2.65. The van der Waals surface area contributed by atoms with Crippen LogP contribution in [0.4, 0.5) is 0 Å². The average molecular weight is 356 g/mol. The van der Waals surface area contributed by atoms with Crippen LogP contribution >= 0.6 is 0 Å². The summed E-state index contributed by atoms with van der Waals surface area (Å²) in [6.07, 6.45) is 1.42. The van der Waals surface area contributed by atoms with Crippen LogP contribution in [0.15, 0.2) is 22.7 Å². The SMILES string of the molecule is Cc1noc(C)c1-c1ccc2c(c1)nc([C@@H](N)CCO)n2C1CCOC1. The lowest BCUT2D eigenvalue weighted by molar-refractivity contribution is 0.186. The first-order valence-electron chi connectivity index (χ1n) is 8.99. The minimum Gasteiger partial charge on any atom is -0.396 e. The van der Waals surface area contributed by atoms with E-state index in [4.69, 9.17) is 20.0 Å². The van der Waals surface area contributed by atoms with Crippen molar-refractivity contribution in [1.82, 2.24) is 14.7 Å². The molecule has 1 aliphatic heterocycles. The maximum atomic E-state index is 9.30. The average Bonchev–Trinajstić information content (AvgIpc) is 3.33. The fourth-order valence-corrected chi connectivity index (χ4v) is 3.81. The van der Waals surface area contributed by atoms with Crippen LogP contribution in [0.2, 0.25) is 0 Å². The molecule has 2 atom stereocenters. The minimum absolute atomic E-state index is 0.0376. The van der Waals surface area contributed by atoms with Crippen LogP contribution in [0, 0.1) is 13.8 Å². The van der Waals surface area contributed by atoms with Crippen LogP contribution < -0.4 is 5.73 Å². The summed E-state index contributed by atoms with van der Waals surface area (Å²) in [5, 5.41) is 13.3. The highest BCUT2D eigenvalue weighted by atomic mass is 16.5. The molecule has 26 heavy (non-hydrogen) atoms. The Morgan fingerprint density at radius 2 is 2.23 bits per heavy atom. The van der Waals surface area contributed by atoms with Gasteiger partial charge in [0.05, 0.1) is 35.4 Å². The number of fused-ring (bicyclic) bond motifs is 1. The van der Waals surface area contributed by atoms with E-state index in [0.29, 0.717) is 13.0 Å².